The van der Waals surface area contributed by atoms with Crippen LogP contribution in [0.2, 0.25) is 0 Å². The quantitative estimate of drug-likeness (QED) is 0.872. The fourth-order valence-corrected chi connectivity index (χ4v) is 3.32. The van der Waals surface area contributed by atoms with Gasteiger partial charge in [0, 0.05) is 25.9 Å². The smallest absolute Gasteiger partial charge is 0.256 e. The zero-order chi connectivity index (χ0) is 16.4. The van der Waals surface area contributed by atoms with Crippen molar-refractivity contribution in [3.63, 3.8) is 0 Å². The normalized spacial score (nSPS) is 21.2. The molecule has 24 heavy (non-hydrogen) atoms. The van der Waals surface area contributed by atoms with E-state index in [4.69, 9.17) is 0 Å². The van der Waals surface area contributed by atoms with E-state index in [0.29, 0.717) is 5.92 Å². The maximum atomic E-state index is 14.1. The molecule has 3 rings (SSSR count). The van der Waals surface area contributed by atoms with Crippen molar-refractivity contribution in [3.8, 4) is 0 Å². The second-order valence-corrected chi connectivity index (χ2v) is 6.41. The van der Waals surface area contributed by atoms with Gasteiger partial charge in [0.05, 0.1) is 5.56 Å². The van der Waals surface area contributed by atoms with Gasteiger partial charge in [-0.2, -0.15) is 0 Å². The molecule has 1 amide bonds. The summed E-state index contributed by atoms with van der Waals surface area (Å²) in [5.74, 6) is -3.46. The summed E-state index contributed by atoms with van der Waals surface area (Å²) in [7, 11) is 0. The molecule has 0 atom stereocenters. The first kappa shape index (κ1) is 19.1. The fraction of sp³-hybridized carbons (Fsp3) is 0.588. The third-order valence-electron chi connectivity index (χ3n) is 4.81. The average molecular weight is 363 g/mol. The topological polar surface area (TPSA) is 32.3 Å². The van der Waals surface area contributed by atoms with Gasteiger partial charge in [0.15, 0.2) is 0 Å². The van der Waals surface area contributed by atoms with E-state index in [1.54, 1.807) is 12.1 Å². The summed E-state index contributed by atoms with van der Waals surface area (Å²) in [5, 5.41) is 3.27. The lowest BCUT2D eigenvalue weighted by molar-refractivity contribution is -0.0494. The highest BCUT2D eigenvalue weighted by molar-refractivity contribution is 5.94. The number of hydrogen-bond acceptors (Lipinski definition) is 2. The van der Waals surface area contributed by atoms with Crippen molar-refractivity contribution in [2.75, 3.05) is 26.2 Å². The van der Waals surface area contributed by atoms with Crippen LogP contribution in [0.4, 0.5) is 13.2 Å². The van der Waals surface area contributed by atoms with E-state index in [-0.39, 0.29) is 43.9 Å². The number of alkyl halides is 2. The number of likely N-dealkylation sites (tertiary alicyclic amines) is 1. The van der Waals surface area contributed by atoms with Gasteiger partial charge in [0.2, 0.25) is 0 Å². The summed E-state index contributed by atoms with van der Waals surface area (Å²) in [6.07, 6.45) is 1.20. The number of carbonyl (C=O) groups is 1. The standard InChI is InChI=1S/C17H21F3N2O.ClH/c18-15-2-1-13(12-3-7-21-8-4-12)11-14(15)16(23)22-9-5-17(19,20)6-10-22;/h1-2,11-12,21H,3-10H2;1H. The Kier molecular flexibility index (Phi) is 6.15. The van der Waals surface area contributed by atoms with Crippen LogP contribution in [0.25, 0.3) is 0 Å². The molecular weight excluding hydrogens is 341 g/mol. The van der Waals surface area contributed by atoms with Crippen LogP contribution in [0.15, 0.2) is 18.2 Å². The molecule has 0 aliphatic carbocycles. The highest BCUT2D eigenvalue weighted by atomic mass is 35.5. The summed E-state index contributed by atoms with van der Waals surface area (Å²) in [5.41, 5.74) is 0.963. The number of hydrogen-bond donors (Lipinski definition) is 1. The van der Waals surface area contributed by atoms with Crippen molar-refractivity contribution in [1.29, 1.82) is 0 Å². The number of rotatable bonds is 2. The molecule has 2 aliphatic rings. The molecular formula is C17H22ClF3N2O. The molecule has 2 fully saturated rings. The molecule has 134 valence electrons. The monoisotopic (exact) mass is 362 g/mol. The maximum absolute atomic E-state index is 14.1. The zero-order valence-electron chi connectivity index (χ0n) is 13.4. The first-order valence-corrected chi connectivity index (χ1v) is 8.13. The van der Waals surface area contributed by atoms with Crippen molar-refractivity contribution in [1.82, 2.24) is 10.2 Å². The molecule has 1 aromatic rings. The van der Waals surface area contributed by atoms with Gasteiger partial charge in [-0.05, 0) is 49.5 Å². The predicted molar refractivity (Wildman–Crippen MR) is 88.6 cm³/mol. The van der Waals surface area contributed by atoms with Crippen LogP contribution in [-0.2, 0) is 0 Å². The molecule has 0 saturated carbocycles. The molecule has 3 nitrogen and oxygen atoms in total. The Labute approximate surface area is 146 Å². The Balaban J connectivity index is 0.00000208. The minimum atomic E-state index is -2.72. The van der Waals surface area contributed by atoms with Crippen LogP contribution in [0, 0.1) is 5.82 Å². The van der Waals surface area contributed by atoms with Gasteiger partial charge in [-0.15, -0.1) is 12.4 Å². The Morgan fingerprint density at radius 3 is 2.42 bits per heavy atom. The largest absolute Gasteiger partial charge is 0.338 e. The van der Waals surface area contributed by atoms with Crippen LogP contribution in [0.3, 0.4) is 0 Å². The highest BCUT2D eigenvalue weighted by Crippen LogP contribution is 2.30. The summed E-state index contributed by atoms with van der Waals surface area (Å²) < 4.78 is 40.5. The number of carbonyl (C=O) groups excluding carboxylic acids is 1. The number of nitrogens with zero attached hydrogens (tertiary/aromatic N) is 1. The van der Waals surface area contributed by atoms with Crippen LogP contribution >= 0.6 is 12.4 Å². The van der Waals surface area contributed by atoms with E-state index in [2.05, 4.69) is 5.32 Å². The second-order valence-electron chi connectivity index (χ2n) is 6.41. The fourth-order valence-electron chi connectivity index (χ4n) is 3.32. The van der Waals surface area contributed by atoms with Gasteiger partial charge in [-0.1, -0.05) is 6.07 Å². The van der Waals surface area contributed by atoms with Crippen molar-refractivity contribution in [3.05, 3.63) is 35.1 Å². The van der Waals surface area contributed by atoms with Crippen molar-refractivity contribution >= 4 is 18.3 Å². The van der Waals surface area contributed by atoms with E-state index < -0.39 is 17.6 Å². The Morgan fingerprint density at radius 2 is 1.79 bits per heavy atom. The lowest BCUT2D eigenvalue weighted by atomic mass is 9.89. The number of amides is 1. The van der Waals surface area contributed by atoms with Gasteiger partial charge < -0.3 is 10.2 Å². The van der Waals surface area contributed by atoms with Crippen molar-refractivity contribution in [2.45, 2.75) is 37.5 Å². The minimum absolute atomic E-state index is 0. The number of nitrogens with one attached hydrogen (secondary N) is 1. The molecule has 2 aliphatic heterocycles. The maximum Gasteiger partial charge on any atom is 0.256 e. The molecule has 1 aromatic carbocycles. The number of halogens is 4. The van der Waals surface area contributed by atoms with E-state index in [1.165, 1.54) is 11.0 Å². The lowest BCUT2D eigenvalue weighted by Gasteiger charge is -2.32. The molecule has 2 heterocycles. The zero-order valence-corrected chi connectivity index (χ0v) is 14.2. The molecule has 7 heteroatoms. The van der Waals surface area contributed by atoms with Crippen molar-refractivity contribution in [2.24, 2.45) is 0 Å². The van der Waals surface area contributed by atoms with E-state index >= 15 is 0 Å². The van der Waals surface area contributed by atoms with E-state index in [0.717, 1.165) is 31.5 Å². The lowest BCUT2D eigenvalue weighted by Crippen LogP contribution is -2.43. The third-order valence-corrected chi connectivity index (χ3v) is 4.81. The van der Waals surface area contributed by atoms with Crippen LogP contribution in [0.5, 0.6) is 0 Å². The summed E-state index contributed by atoms with van der Waals surface area (Å²) in [4.78, 5) is 13.8. The highest BCUT2D eigenvalue weighted by Gasteiger charge is 2.36. The molecule has 0 bridgehead atoms. The Morgan fingerprint density at radius 1 is 1.17 bits per heavy atom. The Bertz CT molecular complexity index is 581. The van der Waals surface area contributed by atoms with Gasteiger partial charge >= 0.3 is 0 Å². The molecule has 0 spiro atoms. The van der Waals surface area contributed by atoms with E-state index in [1.807, 2.05) is 0 Å². The number of benzene rings is 1. The molecule has 0 unspecified atom stereocenters. The molecule has 0 radical (unpaired) electrons. The SMILES string of the molecule is Cl.O=C(c1cc(C2CCNCC2)ccc1F)N1CCC(F)(F)CC1. The van der Waals surface area contributed by atoms with Crippen molar-refractivity contribution < 1.29 is 18.0 Å². The van der Waals surface area contributed by atoms with Crippen LogP contribution in [0.1, 0.15) is 47.5 Å². The first-order valence-electron chi connectivity index (χ1n) is 8.13. The predicted octanol–water partition coefficient (Wildman–Crippen LogP) is 3.59. The minimum Gasteiger partial charge on any atom is -0.338 e. The molecule has 0 aromatic heterocycles. The summed E-state index contributed by atoms with van der Waals surface area (Å²) in [6.45, 7) is 1.77. The van der Waals surface area contributed by atoms with Crippen LogP contribution in [-0.4, -0.2) is 42.9 Å². The summed E-state index contributed by atoms with van der Waals surface area (Å²) >= 11 is 0. The molecule has 1 N–H and O–H groups in total. The average Bonchev–Trinajstić information content (AvgIpc) is 2.55. The second kappa shape index (κ2) is 7.74. The number of piperidine rings is 2. The third kappa shape index (κ3) is 4.22. The van der Waals surface area contributed by atoms with E-state index in [9.17, 15) is 18.0 Å². The Hall–Kier alpha value is -1.27. The van der Waals surface area contributed by atoms with Crippen LogP contribution < -0.4 is 5.32 Å². The molecule has 2 saturated heterocycles. The van der Waals surface area contributed by atoms with Gasteiger partial charge in [-0.25, -0.2) is 13.2 Å². The summed E-state index contributed by atoms with van der Waals surface area (Å²) in [6, 6.07) is 4.66. The first-order chi connectivity index (χ1) is 11.0. The van der Waals surface area contributed by atoms with Gasteiger partial charge in [0.25, 0.3) is 11.8 Å². The van der Waals surface area contributed by atoms with Gasteiger partial charge in [-0.3, -0.25) is 4.79 Å². The van der Waals surface area contributed by atoms with Gasteiger partial charge in [0.1, 0.15) is 5.82 Å².